The SMILES string of the molecule is C=C(C)N(C)c1ncc(-c2cc(F)c(F)c(F)c2)cc1C. The first kappa shape index (κ1) is 15.1. The van der Waals surface area contributed by atoms with Crippen molar-refractivity contribution >= 4 is 5.82 Å². The Kier molecular flexibility index (Phi) is 4.02. The zero-order valence-electron chi connectivity index (χ0n) is 12.0. The molecule has 2 rings (SSSR count). The van der Waals surface area contributed by atoms with E-state index in [4.69, 9.17) is 0 Å². The molecule has 5 heteroatoms. The molecule has 0 radical (unpaired) electrons. The van der Waals surface area contributed by atoms with E-state index in [1.165, 1.54) is 6.20 Å². The van der Waals surface area contributed by atoms with Gasteiger partial charge in [0, 0.05) is 24.5 Å². The fourth-order valence-electron chi connectivity index (χ4n) is 1.98. The largest absolute Gasteiger partial charge is 0.334 e. The van der Waals surface area contributed by atoms with Crippen molar-refractivity contribution in [1.29, 1.82) is 0 Å². The van der Waals surface area contributed by atoms with Crippen LogP contribution in [0.1, 0.15) is 12.5 Å². The number of aromatic nitrogens is 1. The van der Waals surface area contributed by atoms with Crippen LogP contribution in [-0.2, 0) is 0 Å². The lowest BCUT2D eigenvalue weighted by molar-refractivity contribution is 0.447. The lowest BCUT2D eigenvalue weighted by Gasteiger charge is -2.20. The molecule has 0 amide bonds. The number of hydrogen-bond acceptors (Lipinski definition) is 2. The molecule has 110 valence electrons. The molecule has 1 aromatic heterocycles. The molecule has 0 unspecified atom stereocenters. The van der Waals surface area contributed by atoms with E-state index in [1.54, 1.807) is 6.07 Å². The number of hydrogen-bond donors (Lipinski definition) is 0. The highest BCUT2D eigenvalue weighted by molar-refractivity contribution is 5.66. The van der Waals surface area contributed by atoms with E-state index in [0.717, 1.165) is 23.4 Å². The third-order valence-electron chi connectivity index (χ3n) is 3.26. The van der Waals surface area contributed by atoms with Gasteiger partial charge in [0.2, 0.25) is 0 Å². The van der Waals surface area contributed by atoms with Crippen LogP contribution in [0.5, 0.6) is 0 Å². The minimum Gasteiger partial charge on any atom is -0.334 e. The quantitative estimate of drug-likeness (QED) is 0.777. The highest BCUT2D eigenvalue weighted by Crippen LogP contribution is 2.27. The van der Waals surface area contributed by atoms with E-state index in [2.05, 4.69) is 11.6 Å². The number of benzene rings is 1. The van der Waals surface area contributed by atoms with Gasteiger partial charge in [-0.25, -0.2) is 18.2 Å². The van der Waals surface area contributed by atoms with E-state index >= 15 is 0 Å². The summed E-state index contributed by atoms with van der Waals surface area (Å²) in [7, 11) is 1.83. The van der Waals surface area contributed by atoms with Crippen LogP contribution in [0.25, 0.3) is 11.1 Å². The molecule has 0 fully saturated rings. The third kappa shape index (κ3) is 2.91. The van der Waals surface area contributed by atoms with Gasteiger partial charge in [-0.2, -0.15) is 0 Å². The van der Waals surface area contributed by atoms with Gasteiger partial charge in [0.05, 0.1) is 0 Å². The van der Waals surface area contributed by atoms with Crippen molar-refractivity contribution in [3.05, 3.63) is 59.7 Å². The summed E-state index contributed by atoms with van der Waals surface area (Å²) >= 11 is 0. The van der Waals surface area contributed by atoms with Gasteiger partial charge in [0.25, 0.3) is 0 Å². The normalized spacial score (nSPS) is 10.6. The fraction of sp³-hybridized carbons (Fsp3) is 0.188. The second-order valence-corrected chi connectivity index (χ2v) is 4.91. The van der Waals surface area contributed by atoms with Crippen LogP contribution in [-0.4, -0.2) is 12.0 Å². The summed E-state index contributed by atoms with van der Waals surface area (Å²) in [6.45, 7) is 7.51. The number of halogens is 3. The Labute approximate surface area is 121 Å². The molecule has 0 aliphatic heterocycles. The van der Waals surface area contributed by atoms with Crippen molar-refractivity contribution in [3.8, 4) is 11.1 Å². The van der Waals surface area contributed by atoms with Gasteiger partial charge in [-0.05, 0) is 43.2 Å². The van der Waals surface area contributed by atoms with Crippen molar-refractivity contribution in [1.82, 2.24) is 4.98 Å². The summed E-state index contributed by atoms with van der Waals surface area (Å²) in [5, 5.41) is 0. The topological polar surface area (TPSA) is 16.1 Å². The Morgan fingerprint density at radius 2 is 1.67 bits per heavy atom. The number of allylic oxidation sites excluding steroid dienone is 1. The summed E-state index contributed by atoms with van der Waals surface area (Å²) in [4.78, 5) is 6.09. The molecule has 0 aliphatic rings. The molecule has 0 atom stereocenters. The van der Waals surface area contributed by atoms with Crippen LogP contribution in [0.3, 0.4) is 0 Å². The number of pyridine rings is 1. The average molecular weight is 292 g/mol. The zero-order chi connectivity index (χ0) is 15.7. The molecule has 0 aliphatic carbocycles. The second-order valence-electron chi connectivity index (χ2n) is 4.91. The predicted molar refractivity (Wildman–Crippen MR) is 77.5 cm³/mol. The monoisotopic (exact) mass is 292 g/mol. The molecule has 0 saturated heterocycles. The first-order valence-corrected chi connectivity index (χ1v) is 6.32. The van der Waals surface area contributed by atoms with Crippen LogP contribution < -0.4 is 4.90 Å². The summed E-state index contributed by atoms with van der Waals surface area (Å²) in [5.74, 6) is -3.20. The maximum Gasteiger partial charge on any atom is 0.194 e. The van der Waals surface area contributed by atoms with Crippen LogP contribution in [0.15, 0.2) is 36.7 Å². The Bertz CT molecular complexity index is 688. The minimum absolute atomic E-state index is 0.242. The summed E-state index contributed by atoms with van der Waals surface area (Å²) in [6.07, 6.45) is 1.49. The van der Waals surface area contributed by atoms with E-state index < -0.39 is 17.5 Å². The lowest BCUT2D eigenvalue weighted by Crippen LogP contribution is -2.16. The smallest absolute Gasteiger partial charge is 0.194 e. The molecule has 1 aromatic carbocycles. The van der Waals surface area contributed by atoms with E-state index in [-0.39, 0.29) is 5.56 Å². The summed E-state index contributed by atoms with van der Waals surface area (Å²) < 4.78 is 39.6. The summed E-state index contributed by atoms with van der Waals surface area (Å²) in [5.41, 5.74) is 2.40. The molecule has 2 nitrogen and oxygen atoms in total. The van der Waals surface area contributed by atoms with Crippen LogP contribution in [0.2, 0.25) is 0 Å². The van der Waals surface area contributed by atoms with Gasteiger partial charge in [0.1, 0.15) is 5.82 Å². The number of nitrogens with zero attached hydrogens (tertiary/aromatic N) is 2. The molecule has 0 saturated carbocycles. The third-order valence-corrected chi connectivity index (χ3v) is 3.26. The Morgan fingerprint density at radius 3 is 2.14 bits per heavy atom. The van der Waals surface area contributed by atoms with Crippen molar-refractivity contribution in [2.45, 2.75) is 13.8 Å². The molecule has 0 spiro atoms. The van der Waals surface area contributed by atoms with Gasteiger partial charge in [0.15, 0.2) is 17.5 Å². The number of rotatable bonds is 3. The van der Waals surface area contributed by atoms with Crippen molar-refractivity contribution < 1.29 is 13.2 Å². The zero-order valence-corrected chi connectivity index (χ0v) is 12.0. The maximum atomic E-state index is 13.3. The second kappa shape index (κ2) is 5.60. The molecular formula is C16H15F3N2. The van der Waals surface area contributed by atoms with Gasteiger partial charge in [-0.1, -0.05) is 6.58 Å². The molecule has 1 heterocycles. The Morgan fingerprint density at radius 1 is 1.10 bits per heavy atom. The van der Waals surface area contributed by atoms with Crippen molar-refractivity contribution in [2.75, 3.05) is 11.9 Å². The maximum absolute atomic E-state index is 13.3. The number of anilines is 1. The Hall–Kier alpha value is -2.30. The predicted octanol–water partition coefficient (Wildman–Crippen LogP) is 4.44. The van der Waals surface area contributed by atoms with Crippen molar-refractivity contribution in [3.63, 3.8) is 0 Å². The van der Waals surface area contributed by atoms with E-state index in [9.17, 15) is 13.2 Å². The first-order chi connectivity index (χ1) is 9.81. The van der Waals surface area contributed by atoms with Gasteiger partial charge in [-0.3, -0.25) is 0 Å². The molecule has 0 bridgehead atoms. The standard InChI is InChI=1S/C16H15F3N2/c1-9(2)21(4)16-10(3)5-12(8-20-16)11-6-13(17)15(19)14(18)7-11/h5-8H,1H2,2-4H3. The van der Waals surface area contributed by atoms with E-state index in [1.807, 2.05) is 25.8 Å². The van der Waals surface area contributed by atoms with Gasteiger partial charge >= 0.3 is 0 Å². The molecular weight excluding hydrogens is 277 g/mol. The fourth-order valence-corrected chi connectivity index (χ4v) is 1.98. The molecule has 0 N–H and O–H groups in total. The van der Waals surface area contributed by atoms with Gasteiger partial charge in [-0.15, -0.1) is 0 Å². The van der Waals surface area contributed by atoms with Crippen LogP contribution in [0, 0.1) is 24.4 Å². The average Bonchev–Trinajstić information content (AvgIpc) is 2.43. The molecule has 21 heavy (non-hydrogen) atoms. The lowest BCUT2D eigenvalue weighted by atomic mass is 10.1. The highest BCUT2D eigenvalue weighted by Gasteiger charge is 2.13. The Balaban J connectivity index is 2.48. The van der Waals surface area contributed by atoms with Crippen molar-refractivity contribution in [2.24, 2.45) is 0 Å². The highest BCUT2D eigenvalue weighted by atomic mass is 19.2. The van der Waals surface area contributed by atoms with E-state index in [0.29, 0.717) is 11.4 Å². The number of aryl methyl sites for hydroxylation is 1. The first-order valence-electron chi connectivity index (χ1n) is 6.32. The van der Waals surface area contributed by atoms with Crippen LogP contribution in [0.4, 0.5) is 19.0 Å². The molecule has 2 aromatic rings. The summed E-state index contributed by atoms with van der Waals surface area (Å²) in [6, 6.07) is 3.65. The minimum atomic E-state index is -1.47. The van der Waals surface area contributed by atoms with Gasteiger partial charge < -0.3 is 4.90 Å². The van der Waals surface area contributed by atoms with Crippen LogP contribution >= 0.6 is 0 Å².